The van der Waals surface area contributed by atoms with Gasteiger partial charge in [-0.2, -0.15) is 0 Å². The lowest BCUT2D eigenvalue weighted by Gasteiger charge is -2.37. The summed E-state index contributed by atoms with van der Waals surface area (Å²) in [5.41, 5.74) is 0. The van der Waals surface area contributed by atoms with Gasteiger partial charge in [0.15, 0.2) is 11.8 Å². The highest BCUT2D eigenvalue weighted by Crippen LogP contribution is 2.12. The third-order valence-electron chi connectivity index (χ3n) is 5.33. The highest BCUT2D eigenvalue weighted by molar-refractivity contribution is 7.09. The van der Waals surface area contributed by atoms with Crippen molar-refractivity contribution in [3.05, 3.63) is 34.0 Å². The van der Waals surface area contributed by atoms with E-state index in [9.17, 15) is 0 Å². The quantitative estimate of drug-likeness (QED) is 0.502. The first kappa shape index (κ1) is 21.7. The second-order valence-corrected chi connectivity index (χ2v) is 8.69. The lowest BCUT2D eigenvalue weighted by atomic mass is 10.0. The zero-order valence-corrected chi connectivity index (χ0v) is 18.7. The van der Waals surface area contributed by atoms with Crippen LogP contribution in [0, 0.1) is 12.8 Å². The van der Waals surface area contributed by atoms with Crippen LogP contribution in [0.2, 0.25) is 0 Å². The molecular formula is C20H33N7OS. The Kier molecular flexibility index (Phi) is 8.02. The molecule has 1 fully saturated rings. The van der Waals surface area contributed by atoms with Gasteiger partial charge >= 0.3 is 0 Å². The number of aryl methyl sites for hydroxylation is 1. The molecule has 8 nitrogen and oxygen atoms in total. The summed E-state index contributed by atoms with van der Waals surface area (Å²) in [6.45, 7) is 12.2. The van der Waals surface area contributed by atoms with Crippen LogP contribution in [-0.4, -0.2) is 64.5 Å². The average Bonchev–Trinajstić information content (AvgIpc) is 3.35. The molecule has 0 spiro atoms. The predicted octanol–water partition coefficient (Wildman–Crippen LogP) is 1.78. The lowest BCUT2D eigenvalue weighted by molar-refractivity contribution is 0.00752. The molecular weight excluding hydrogens is 386 g/mol. The summed E-state index contributed by atoms with van der Waals surface area (Å²) >= 11 is 1.74. The molecule has 1 saturated heterocycles. The summed E-state index contributed by atoms with van der Waals surface area (Å²) in [4.78, 5) is 8.57. The standard InChI is InChI=1S/C20H33N7OS/c1-15(2)18(27-7-9-28-10-8-27)13-22-20(21-12-17-6-5-11-29-17)23-14-19-25-24-16(3)26(19)4/h5-6,11,15,18H,7-10,12-14H2,1-4H3,(H2,21,22,23). The molecule has 1 unspecified atom stereocenters. The van der Waals surface area contributed by atoms with Crippen molar-refractivity contribution in [3.63, 3.8) is 0 Å². The molecule has 2 N–H and O–H groups in total. The third kappa shape index (κ3) is 6.25. The van der Waals surface area contributed by atoms with Crippen LogP contribution in [0.25, 0.3) is 0 Å². The minimum atomic E-state index is 0.435. The topological polar surface area (TPSA) is 79.6 Å². The normalized spacial score (nSPS) is 16.9. The Morgan fingerprint density at radius 1 is 1.28 bits per heavy atom. The van der Waals surface area contributed by atoms with E-state index in [2.05, 4.69) is 57.1 Å². The molecule has 2 aromatic heterocycles. The number of nitrogens with one attached hydrogen (secondary N) is 2. The molecule has 9 heteroatoms. The van der Waals surface area contributed by atoms with Crippen molar-refractivity contribution in [3.8, 4) is 0 Å². The SMILES string of the molecule is Cc1nnc(CN=C(NCc2cccs2)NCC(C(C)C)N2CCOCC2)n1C. The fourth-order valence-electron chi connectivity index (χ4n) is 3.39. The maximum Gasteiger partial charge on any atom is 0.192 e. The molecule has 0 amide bonds. The maximum absolute atomic E-state index is 5.52. The first-order chi connectivity index (χ1) is 14.0. The van der Waals surface area contributed by atoms with E-state index in [-0.39, 0.29) is 0 Å². The first-order valence-electron chi connectivity index (χ1n) is 10.3. The summed E-state index contributed by atoms with van der Waals surface area (Å²) in [6.07, 6.45) is 0. The number of thiophene rings is 1. The average molecular weight is 420 g/mol. The minimum Gasteiger partial charge on any atom is -0.379 e. The van der Waals surface area contributed by atoms with Gasteiger partial charge in [-0.15, -0.1) is 21.5 Å². The van der Waals surface area contributed by atoms with Gasteiger partial charge in [-0.25, -0.2) is 4.99 Å². The van der Waals surface area contributed by atoms with Gasteiger partial charge in [0.1, 0.15) is 12.4 Å². The number of hydrogen-bond donors (Lipinski definition) is 2. The molecule has 3 rings (SSSR count). The van der Waals surface area contributed by atoms with Crippen molar-refractivity contribution in [2.45, 2.75) is 39.9 Å². The number of guanidine groups is 1. The van der Waals surface area contributed by atoms with E-state index in [1.54, 1.807) is 11.3 Å². The lowest BCUT2D eigenvalue weighted by Crippen LogP contribution is -2.52. The fraction of sp³-hybridized carbons (Fsp3) is 0.650. The molecule has 0 saturated carbocycles. The molecule has 1 atom stereocenters. The molecule has 0 aromatic carbocycles. The monoisotopic (exact) mass is 419 g/mol. The van der Waals surface area contributed by atoms with Crippen LogP contribution in [0.5, 0.6) is 0 Å². The predicted molar refractivity (Wildman–Crippen MR) is 117 cm³/mol. The van der Waals surface area contributed by atoms with Gasteiger partial charge in [0.05, 0.1) is 19.8 Å². The van der Waals surface area contributed by atoms with Crippen molar-refractivity contribution < 1.29 is 4.74 Å². The van der Waals surface area contributed by atoms with Crippen LogP contribution in [0.3, 0.4) is 0 Å². The summed E-state index contributed by atoms with van der Waals surface area (Å²) in [5, 5.41) is 17.5. The number of aromatic nitrogens is 3. The highest BCUT2D eigenvalue weighted by Gasteiger charge is 2.24. The van der Waals surface area contributed by atoms with Crippen LogP contribution >= 0.6 is 11.3 Å². The number of nitrogens with zero attached hydrogens (tertiary/aromatic N) is 5. The van der Waals surface area contributed by atoms with Crippen molar-refractivity contribution >= 4 is 17.3 Å². The van der Waals surface area contributed by atoms with E-state index in [0.29, 0.717) is 18.5 Å². The summed E-state index contributed by atoms with van der Waals surface area (Å²) in [7, 11) is 1.97. The van der Waals surface area contributed by atoms with Gasteiger partial charge in [0, 0.05) is 37.6 Å². The van der Waals surface area contributed by atoms with Crippen LogP contribution in [0.15, 0.2) is 22.5 Å². The molecule has 160 valence electrons. The van der Waals surface area contributed by atoms with Crippen LogP contribution in [0.1, 0.15) is 30.4 Å². The van der Waals surface area contributed by atoms with E-state index in [4.69, 9.17) is 9.73 Å². The molecule has 29 heavy (non-hydrogen) atoms. The molecule has 3 heterocycles. The third-order valence-corrected chi connectivity index (χ3v) is 6.21. The minimum absolute atomic E-state index is 0.435. The molecule has 1 aliphatic heterocycles. The maximum atomic E-state index is 5.52. The fourth-order valence-corrected chi connectivity index (χ4v) is 4.04. The Bertz CT molecular complexity index is 766. The smallest absolute Gasteiger partial charge is 0.192 e. The Labute approximate surface area is 177 Å². The zero-order chi connectivity index (χ0) is 20.6. The zero-order valence-electron chi connectivity index (χ0n) is 17.9. The molecule has 0 bridgehead atoms. The van der Waals surface area contributed by atoms with Crippen molar-refractivity contribution in [1.29, 1.82) is 0 Å². The van der Waals surface area contributed by atoms with E-state index >= 15 is 0 Å². The van der Waals surface area contributed by atoms with Gasteiger partial charge < -0.3 is 19.9 Å². The van der Waals surface area contributed by atoms with Gasteiger partial charge in [-0.3, -0.25) is 4.90 Å². The second kappa shape index (κ2) is 10.7. The number of morpholine rings is 1. The number of rotatable bonds is 8. The second-order valence-electron chi connectivity index (χ2n) is 7.66. The Balaban J connectivity index is 1.65. The van der Waals surface area contributed by atoms with Crippen molar-refractivity contribution in [2.24, 2.45) is 18.0 Å². The van der Waals surface area contributed by atoms with Gasteiger partial charge in [0.25, 0.3) is 0 Å². The number of ether oxygens (including phenoxy) is 1. The number of aliphatic imine (C=N–C) groups is 1. The summed E-state index contributed by atoms with van der Waals surface area (Å²) in [5.74, 6) is 3.09. The Hall–Kier alpha value is -1.97. The molecule has 0 radical (unpaired) electrons. The molecule has 0 aliphatic carbocycles. The molecule has 2 aromatic rings. The molecule has 1 aliphatic rings. The summed E-state index contributed by atoms with van der Waals surface area (Å²) < 4.78 is 7.50. The van der Waals surface area contributed by atoms with E-state index in [1.165, 1.54) is 4.88 Å². The van der Waals surface area contributed by atoms with E-state index < -0.39 is 0 Å². The highest BCUT2D eigenvalue weighted by atomic mass is 32.1. The largest absolute Gasteiger partial charge is 0.379 e. The number of hydrogen-bond acceptors (Lipinski definition) is 6. The van der Waals surface area contributed by atoms with Gasteiger partial charge in [-0.1, -0.05) is 19.9 Å². The van der Waals surface area contributed by atoms with E-state index in [1.807, 2.05) is 18.5 Å². The van der Waals surface area contributed by atoms with Crippen molar-refractivity contribution in [2.75, 3.05) is 32.8 Å². The van der Waals surface area contributed by atoms with Crippen LogP contribution in [0.4, 0.5) is 0 Å². The van der Waals surface area contributed by atoms with Crippen LogP contribution in [-0.2, 0) is 24.9 Å². The Morgan fingerprint density at radius 2 is 2.07 bits per heavy atom. The van der Waals surface area contributed by atoms with E-state index in [0.717, 1.165) is 57.0 Å². The van der Waals surface area contributed by atoms with Gasteiger partial charge in [-0.05, 0) is 24.3 Å². The van der Waals surface area contributed by atoms with Crippen molar-refractivity contribution in [1.82, 2.24) is 30.3 Å². The summed E-state index contributed by atoms with van der Waals surface area (Å²) in [6, 6.07) is 4.64. The van der Waals surface area contributed by atoms with Gasteiger partial charge in [0.2, 0.25) is 0 Å². The van der Waals surface area contributed by atoms with Crippen LogP contribution < -0.4 is 10.6 Å². The first-order valence-corrected chi connectivity index (χ1v) is 11.1. The Morgan fingerprint density at radius 3 is 2.69 bits per heavy atom.